The summed E-state index contributed by atoms with van der Waals surface area (Å²) in [5.41, 5.74) is 0. The van der Waals surface area contributed by atoms with Crippen molar-refractivity contribution in [2.75, 3.05) is 46.4 Å². The monoisotopic (exact) mass is 271 g/mol. The largest absolute Gasteiger partial charge is 0.467 e. The highest BCUT2D eigenvalue weighted by atomic mass is 16.5. The first-order valence-electron chi connectivity index (χ1n) is 6.86. The van der Waals surface area contributed by atoms with E-state index >= 15 is 0 Å². The molecular weight excluding hydrogens is 246 g/mol. The number of carbonyl (C=O) groups is 2. The van der Waals surface area contributed by atoms with Crippen LogP contribution in [-0.4, -0.2) is 74.1 Å². The summed E-state index contributed by atoms with van der Waals surface area (Å²) in [4.78, 5) is 27.3. The number of hydrogen-bond donors (Lipinski definition) is 1. The van der Waals surface area contributed by atoms with Crippen LogP contribution >= 0.6 is 0 Å². The van der Waals surface area contributed by atoms with Crippen LogP contribution in [0.15, 0.2) is 0 Å². The van der Waals surface area contributed by atoms with Crippen molar-refractivity contribution in [2.24, 2.45) is 0 Å². The molecule has 1 heterocycles. The molecule has 0 aromatic heterocycles. The molecule has 110 valence electrons. The molecular formula is C13H25N3O3. The van der Waals surface area contributed by atoms with Crippen LogP contribution in [0.25, 0.3) is 0 Å². The number of nitrogens with zero attached hydrogens (tertiary/aromatic N) is 2. The van der Waals surface area contributed by atoms with Crippen molar-refractivity contribution < 1.29 is 14.3 Å². The highest BCUT2D eigenvalue weighted by molar-refractivity contribution is 5.83. The zero-order chi connectivity index (χ0) is 14.3. The third-order valence-electron chi connectivity index (χ3n) is 3.31. The Kier molecular flexibility index (Phi) is 6.80. The summed E-state index contributed by atoms with van der Waals surface area (Å²) in [7, 11) is 1.34. The molecule has 0 saturated carbocycles. The van der Waals surface area contributed by atoms with E-state index in [1.165, 1.54) is 14.0 Å². The van der Waals surface area contributed by atoms with Crippen LogP contribution in [0, 0.1) is 0 Å². The Morgan fingerprint density at radius 1 is 1.21 bits per heavy atom. The summed E-state index contributed by atoms with van der Waals surface area (Å²) in [5.74, 6) is -0.591. The van der Waals surface area contributed by atoms with Gasteiger partial charge < -0.3 is 15.0 Å². The molecule has 1 atom stereocenters. The molecule has 6 heteroatoms. The van der Waals surface area contributed by atoms with E-state index in [-0.39, 0.29) is 11.9 Å². The highest BCUT2D eigenvalue weighted by Crippen LogP contribution is 2.04. The van der Waals surface area contributed by atoms with Crippen molar-refractivity contribution in [1.29, 1.82) is 0 Å². The Labute approximate surface area is 115 Å². The van der Waals surface area contributed by atoms with Crippen molar-refractivity contribution in [1.82, 2.24) is 15.1 Å². The van der Waals surface area contributed by atoms with E-state index in [1.54, 1.807) is 0 Å². The Hall–Kier alpha value is -1.14. The number of carbonyl (C=O) groups excluding carboxylic acids is 2. The summed E-state index contributed by atoms with van der Waals surface area (Å²) < 4.78 is 4.72. The molecule has 1 unspecified atom stereocenters. The number of hydrogen-bond acceptors (Lipinski definition) is 5. The number of methoxy groups -OCH3 is 1. The van der Waals surface area contributed by atoms with Crippen LogP contribution in [0.1, 0.15) is 20.3 Å². The fraction of sp³-hybridized carbons (Fsp3) is 0.846. The van der Waals surface area contributed by atoms with Gasteiger partial charge in [-0.05, 0) is 13.0 Å². The van der Waals surface area contributed by atoms with Crippen LogP contribution < -0.4 is 5.32 Å². The molecule has 0 aromatic carbocycles. The molecule has 6 nitrogen and oxygen atoms in total. The number of esters is 1. The SMILES string of the molecule is CCCN1CCN(CC(NC(C)=O)C(=O)OC)CC1. The Morgan fingerprint density at radius 2 is 1.79 bits per heavy atom. The highest BCUT2D eigenvalue weighted by Gasteiger charge is 2.25. The maximum Gasteiger partial charge on any atom is 0.329 e. The average Bonchev–Trinajstić information content (AvgIpc) is 2.39. The van der Waals surface area contributed by atoms with Crippen LogP contribution in [0.3, 0.4) is 0 Å². The topological polar surface area (TPSA) is 61.9 Å². The first-order valence-corrected chi connectivity index (χ1v) is 6.86. The van der Waals surface area contributed by atoms with Crippen molar-refractivity contribution >= 4 is 11.9 Å². The molecule has 1 aliphatic heterocycles. The summed E-state index contributed by atoms with van der Waals surface area (Å²) in [6, 6.07) is -0.569. The van der Waals surface area contributed by atoms with Gasteiger partial charge in [0.2, 0.25) is 5.91 Å². The Morgan fingerprint density at radius 3 is 2.26 bits per heavy atom. The lowest BCUT2D eigenvalue weighted by Gasteiger charge is -2.35. The molecule has 0 bridgehead atoms. The number of rotatable bonds is 6. The van der Waals surface area contributed by atoms with Crippen LogP contribution in [0.2, 0.25) is 0 Å². The summed E-state index contributed by atoms with van der Waals surface area (Å²) >= 11 is 0. The fourth-order valence-corrected chi connectivity index (χ4v) is 2.34. The van der Waals surface area contributed by atoms with Crippen molar-refractivity contribution in [3.05, 3.63) is 0 Å². The predicted octanol–water partition coefficient (Wildman–Crippen LogP) is -0.308. The molecule has 1 amide bonds. The van der Waals surface area contributed by atoms with Gasteiger partial charge in [0.15, 0.2) is 0 Å². The second kappa shape index (κ2) is 8.12. The third kappa shape index (κ3) is 5.57. The zero-order valence-corrected chi connectivity index (χ0v) is 12.1. The first kappa shape index (κ1) is 15.9. The normalized spacial score (nSPS) is 18.9. The van der Waals surface area contributed by atoms with Gasteiger partial charge in [0, 0.05) is 39.6 Å². The molecule has 0 aliphatic carbocycles. The smallest absolute Gasteiger partial charge is 0.329 e. The van der Waals surface area contributed by atoms with Crippen molar-refractivity contribution in [3.63, 3.8) is 0 Å². The van der Waals surface area contributed by atoms with Crippen LogP contribution in [0.5, 0.6) is 0 Å². The molecule has 1 fully saturated rings. The van der Waals surface area contributed by atoms with E-state index in [0.717, 1.165) is 39.1 Å². The molecule has 1 N–H and O–H groups in total. The second-order valence-corrected chi connectivity index (χ2v) is 4.92. The minimum Gasteiger partial charge on any atom is -0.467 e. The first-order chi connectivity index (χ1) is 9.06. The molecule has 1 saturated heterocycles. The molecule has 1 rings (SSSR count). The summed E-state index contributed by atoms with van der Waals surface area (Å²) in [5, 5.41) is 2.65. The van der Waals surface area contributed by atoms with E-state index in [1.807, 2.05) is 0 Å². The molecule has 1 aliphatic rings. The second-order valence-electron chi connectivity index (χ2n) is 4.92. The van der Waals surface area contributed by atoms with Gasteiger partial charge >= 0.3 is 5.97 Å². The quantitative estimate of drug-likeness (QED) is 0.672. The van der Waals surface area contributed by atoms with E-state index in [2.05, 4.69) is 22.0 Å². The van der Waals surface area contributed by atoms with Gasteiger partial charge in [0.1, 0.15) is 6.04 Å². The minimum atomic E-state index is -0.569. The van der Waals surface area contributed by atoms with E-state index in [4.69, 9.17) is 4.74 Å². The molecule has 0 aromatic rings. The lowest BCUT2D eigenvalue weighted by Crippen LogP contribution is -2.53. The number of nitrogens with one attached hydrogen (secondary N) is 1. The van der Waals surface area contributed by atoms with Gasteiger partial charge in [-0.1, -0.05) is 6.92 Å². The fourth-order valence-electron chi connectivity index (χ4n) is 2.34. The van der Waals surface area contributed by atoms with E-state index in [0.29, 0.717) is 6.54 Å². The summed E-state index contributed by atoms with van der Waals surface area (Å²) in [6.45, 7) is 9.11. The lowest BCUT2D eigenvalue weighted by molar-refractivity contribution is -0.145. The van der Waals surface area contributed by atoms with Gasteiger partial charge in [0.25, 0.3) is 0 Å². The van der Waals surface area contributed by atoms with Gasteiger partial charge in [0.05, 0.1) is 7.11 Å². The van der Waals surface area contributed by atoms with Gasteiger partial charge in [-0.25, -0.2) is 4.79 Å². The number of amides is 1. The summed E-state index contributed by atoms with van der Waals surface area (Å²) in [6.07, 6.45) is 1.16. The van der Waals surface area contributed by atoms with Gasteiger partial charge in [-0.15, -0.1) is 0 Å². The Bertz CT molecular complexity index is 302. The average molecular weight is 271 g/mol. The van der Waals surface area contributed by atoms with Crippen molar-refractivity contribution in [3.8, 4) is 0 Å². The van der Waals surface area contributed by atoms with Crippen molar-refractivity contribution in [2.45, 2.75) is 26.3 Å². The number of piperazine rings is 1. The standard InChI is InChI=1S/C13H25N3O3/c1-4-5-15-6-8-16(9-7-15)10-12(13(18)19-3)14-11(2)17/h12H,4-10H2,1-3H3,(H,14,17). The zero-order valence-electron chi connectivity index (χ0n) is 12.1. The van der Waals surface area contributed by atoms with E-state index < -0.39 is 6.04 Å². The maximum atomic E-state index is 11.6. The molecule has 0 radical (unpaired) electrons. The van der Waals surface area contributed by atoms with Gasteiger partial charge in [-0.3, -0.25) is 9.69 Å². The number of ether oxygens (including phenoxy) is 1. The maximum absolute atomic E-state index is 11.6. The van der Waals surface area contributed by atoms with Crippen LogP contribution in [0.4, 0.5) is 0 Å². The predicted molar refractivity (Wildman–Crippen MR) is 72.8 cm³/mol. The van der Waals surface area contributed by atoms with E-state index in [9.17, 15) is 9.59 Å². The van der Waals surface area contributed by atoms with Crippen LogP contribution in [-0.2, 0) is 14.3 Å². The lowest BCUT2D eigenvalue weighted by atomic mass is 10.2. The minimum absolute atomic E-state index is 0.208. The third-order valence-corrected chi connectivity index (χ3v) is 3.31. The molecule has 19 heavy (non-hydrogen) atoms. The Balaban J connectivity index is 2.43. The van der Waals surface area contributed by atoms with Gasteiger partial charge in [-0.2, -0.15) is 0 Å². The molecule has 0 spiro atoms.